The van der Waals surface area contributed by atoms with Crippen molar-refractivity contribution >= 4 is 52.1 Å². The lowest BCUT2D eigenvalue weighted by Gasteiger charge is -2.26. The van der Waals surface area contributed by atoms with Crippen LogP contribution in [-0.2, 0) is 14.3 Å². The third-order valence-electron chi connectivity index (χ3n) is 5.32. The molecule has 188 valence electrons. The Labute approximate surface area is 218 Å². The number of rotatable bonds is 8. The molecule has 0 saturated carbocycles. The van der Waals surface area contributed by atoms with Gasteiger partial charge >= 0.3 is 0 Å². The Morgan fingerprint density at radius 3 is 2.58 bits per heavy atom. The predicted molar refractivity (Wildman–Crippen MR) is 139 cm³/mol. The number of hydrazine groups is 1. The second kappa shape index (κ2) is 12.0. The third-order valence-corrected chi connectivity index (χ3v) is 6.63. The van der Waals surface area contributed by atoms with Crippen LogP contribution >= 0.6 is 24.0 Å². The van der Waals surface area contributed by atoms with Crippen LogP contribution in [0.5, 0.6) is 11.5 Å². The van der Waals surface area contributed by atoms with Crippen LogP contribution in [0.4, 0.5) is 0 Å². The van der Waals surface area contributed by atoms with E-state index in [0.717, 1.165) is 16.8 Å². The molecule has 0 atom stereocenters. The minimum atomic E-state index is -0.431. The fourth-order valence-corrected chi connectivity index (χ4v) is 4.70. The summed E-state index contributed by atoms with van der Waals surface area (Å²) in [6.07, 6.45) is 1.67. The molecule has 36 heavy (non-hydrogen) atoms. The highest BCUT2D eigenvalue weighted by molar-refractivity contribution is 8.26. The van der Waals surface area contributed by atoms with Gasteiger partial charge in [0, 0.05) is 18.7 Å². The lowest BCUT2D eigenvalue weighted by molar-refractivity contribution is -0.137. The smallest absolute Gasteiger partial charge is 0.285 e. The van der Waals surface area contributed by atoms with Crippen molar-refractivity contribution in [3.05, 3.63) is 64.6 Å². The van der Waals surface area contributed by atoms with E-state index < -0.39 is 11.8 Å². The number of amides is 3. The van der Waals surface area contributed by atoms with E-state index in [1.165, 1.54) is 0 Å². The minimum absolute atomic E-state index is 0.112. The molecule has 2 heterocycles. The highest BCUT2D eigenvalue weighted by atomic mass is 32.2. The maximum absolute atomic E-state index is 12.9. The van der Waals surface area contributed by atoms with E-state index in [0.29, 0.717) is 60.4 Å². The minimum Gasteiger partial charge on any atom is -0.490 e. The molecule has 3 amide bonds. The molecule has 2 aromatic rings. The van der Waals surface area contributed by atoms with Crippen LogP contribution in [0.15, 0.2) is 53.4 Å². The molecule has 0 spiro atoms. The Bertz CT molecular complexity index is 1180. The zero-order valence-electron chi connectivity index (χ0n) is 19.6. The first-order valence-corrected chi connectivity index (χ1v) is 12.6. The average Bonchev–Trinajstić information content (AvgIpc) is 3.16. The average molecular weight is 528 g/mol. The lowest BCUT2D eigenvalue weighted by Crippen LogP contribution is -2.44. The normalized spacial score (nSPS) is 16.9. The van der Waals surface area contributed by atoms with Gasteiger partial charge in [-0.25, -0.2) is 0 Å². The van der Waals surface area contributed by atoms with E-state index >= 15 is 0 Å². The van der Waals surface area contributed by atoms with Gasteiger partial charge in [-0.15, -0.1) is 0 Å². The number of ether oxygens (including phenoxy) is 3. The number of carbonyl (C=O) groups is 3. The van der Waals surface area contributed by atoms with Crippen molar-refractivity contribution in [3.63, 3.8) is 0 Å². The van der Waals surface area contributed by atoms with Gasteiger partial charge in [0.1, 0.15) is 0 Å². The molecule has 4 rings (SSSR count). The summed E-state index contributed by atoms with van der Waals surface area (Å²) in [6.45, 7) is 4.26. The fraction of sp³-hybridized carbons (Fsp3) is 0.280. The maximum atomic E-state index is 12.9. The topological polar surface area (TPSA) is 97.4 Å². The van der Waals surface area contributed by atoms with E-state index in [-0.39, 0.29) is 16.8 Å². The Kier molecular flexibility index (Phi) is 8.57. The number of nitrogens with one attached hydrogen (secondary N) is 1. The van der Waals surface area contributed by atoms with Gasteiger partial charge in [-0.05, 0) is 55.0 Å². The molecule has 2 aliphatic rings. The number of carbonyl (C=O) groups excluding carboxylic acids is 3. The van der Waals surface area contributed by atoms with Gasteiger partial charge in [0.15, 0.2) is 22.4 Å². The van der Waals surface area contributed by atoms with Crippen molar-refractivity contribution in [3.8, 4) is 11.5 Å². The van der Waals surface area contributed by atoms with E-state index in [1.807, 2.05) is 6.92 Å². The molecule has 0 unspecified atom stereocenters. The van der Waals surface area contributed by atoms with E-state index in [2.05, 4.69) is 5.43 Å². The summed E-state index contributed by atoms with van der Waals surface area (Å²) in [7, 11) is 0. The van der Waals surface area contributed by atoms with Crippen LogP contribution in [0.2, 0.25) is 0 Å². The largest absolute Gasteiger partial charge is 0.490 e. The van der Waals surface area contributed by atoms with Crippen LogP contribution in [0, 0.1) is 0 Å². The van der Waals surface area contributed by atoms with Gasteiger partial charge in [0.2, 0.25) is 0 Å². The first kappa shape index (κ1) is 25.7. The highest BCUT2D eigenvalue weighted by Crippen LogP contribution is 2.34. The summed E-state index contributed by atoms with van der Waals surface area (Å²) in [4.78, 5) is 39.9. The zero-order chi connectivity index (χ0) is 25.5. The van der Waals surface area contributed by atoms with Crippen LogP contribution in [0.25, 0.3) is 6.08 Å². The Morgan fingerprint density at radius 2 is 1.86 bits per heavy atom. The Hall–Kier alpha value is -3.41. The molecule has 9 nitrogen and oxygen atoms in total. The SMILES string of the molecule is CCOc1cc(/C=C2\SC(=S)N(NC(=O)c3ccccc3)C2=O)ccc1OCC(=O)N1CCOCC1. The molecule has 11 heteroatoms. The Morgan fingerprint density at radius 1 is 1.11 bits per heavy atom. The molecule has 1 N–H and O–H groups in total. The number of thioether (sulfide) groups is 1. The van der Waals surface area contributed by atoms with Crippen LogP contribution in [0.1, 0.15) is 22.8 Å². The molecule has 2 fully saturated rings. The number of morpholine rings is 1. The van der Waals surface area contributed by atoms with E-state index in [1.54, 1.807) is 59.5 Å². The van der Waals surface area contributed by atoms with Gasteiger partial charge < -0.3 is 19.1 Å². The zero-order valence-corrected chi connectivity index (χ0v) is 21.2. The van der Waals surface area contributed by atoms with Crippen LogP contribution < -0.4 is 14.9 Å². The molecule has 2 aromatic carbocycles. The molecule has 0 aliphatic carbocycles. The van der Waals surface area contributed by atoms with Crippen molar-refractivity contribution in [1.82, 2.24) is 15.3 Å². The second-order valence-electron chi connectivity index (χ2n) is 7.75. The summed E-state index contributed by atoms with van der Waals surface area (Å²) in [5.74, 6) is -0.0956. The summed E-state index contributed by atoms with van der Waals surface area (Å²) in [5, 5.41) is 1.07. The quantitative estimate of drug-likeness (QED) is 0.414. The fourth-order valence-electron chi connectivity index (χ4n) is 3.52. The first-order valence-electron chi connectivity index (χ1n) is 11.4. The monoisotopic (exact) mass is 527 g/mol. The molecule has 2 aliphatic heterocycles. The third kappa shape index (κ3) is 6.23. The number of nitrogens with zero attached hydrogens (tertiary/aromatic N) is 2. The van der Waals surface area contributed by atoms with Crippen molar-refractivity contribution in [2.24, 2.45) is 0 Å². The van der Waals surface area contributed by atoms with Crippen molar-refractivity contribution in [2.75, 3.05) is 39.5 Å². The van der Waals surface area contributed by atoms with Crippen LogP contribution in [0.3, 0.4) is 0 Å². The molecule has 0 radical (unpaired) electrons. The van der Waals surface area contributed by atoms with Crippen LogP contribution in [-0.4, -0.2) is 71.5 Å². The van der Waals surface area contributed by atoms with Crippen molar-refractivity contribution < 1.29 is 28.6 Å². The maximum Gasteiger partial charge on any atom is 0.285 e. The molecule has 0 bridgehead atoms. The summed E-state index contributed by atoms with van der Waals surface area (Å²) >= 11 is 6.39. The first-order chi connectivity index (χ1) is 17.5. The summed E-state index contributed by atoms with van der Waals surface area (Å²) in [5.41, 5.74) is 3.66. The van der Waals surface area contributed by atoms with E-state index in [4.69, 9.17) is 26.4 Å². The van der Waals surface area contributed by atoms with Gasteiger partial charge in [0.25, 0.3) is 17.7 Å². The Balaban J connectivity index is 1.44. The summed E-state index contributed by atoms with van der Waals surface area (Å²) < 4.78 is 16.9. The van der Waals surface area contributed by atoms with Crippen molar-refractivity contribution in [2.45, 2.75) is 6.92 Å². The standard InChI is InChI=1S/C25H25N3O6S2/c1-2-33-20-14-17(8-9-19(20)34-16-22(29)27-10-12-32-13-11-27)15-21-24(31)28(25(35)36-21)26-23(30)18-6-4-3-5-7-18/h3-9,14-15H,2,10-13,16H2,1H3,(H,26,30)/b21-15-. The highest BCUT2D eigenvalue weighted by Gasteiger charge is 2.33. The number of hydrogen-bond donors (Lipinski definition) is 1. The summed E-state index contributed by atoms with van der Waals surface area (Å²) in [6, 6.07) is 13.8. The molecular weight excluding hydrogens is 502 g/mol. The van der Waals surface area contributed by atoms with Crippen molar-refractivity contribution in [1.29, 1.82) is 0 Å². The molecule has 0 aromatic heterocycles. The van der Waals surface area contributed by atoms with Gasteiger partial charge in [-0.2, -0.15) is 5.01 Å². The van der Waals surface area contributed by atoms with Gasteiger partial charge in [-0.1, -0.05) is 36.0 Å². The van der Waals surface area contributed by atoms with Gasteiger partial charge in [0.05, 0.1) is 24.7 Å². The predicted octanol–water partition coefficient (Wildman–Crippen LogP) is 2.87. The van der Waals surface area contributed by atoms with Gasteiger partial charge in [-0.3, -0.25) is 19.8 Å². The number of thiocarbonyl (C=S) groups is 1. The lowest BCUT2D eigenvalue weighted by atomic mass is 10.2. The number of hydrogen-bond acceptors (Lipinski definition) is 8. The molecular formula is C25H25N3O6S2. The van der Waals surface area contributed by atoms with E-state index in [9.17, 15) is 14.4 Å². The molecule has 2 saturated heterocycles. The second-order valence-corrected chi connectivity index (χ2v) is 9.42. The number of benzene rings is 2.